The maximum atomic E-state index is 12.6. The monoisotopic (exact) mass is 411 g/mol. The molecule has 0 bridgehead atoms. The van der Waals surface area contributed by atoms with Gasteiger partial charge in [-0.25, -0.2) is 9.78 Å². The number of carbonyl (C=O) groups excluding carboxylic acids is 1. The Labute approximate surface area is 175 Å². The van der Waals surface area contributed by atoms with Crippen LogP contribution in [0.1, 0.15) is 57.9 Å². The number of amides is 1. The molecule has 0 aliphatic heterocycles. The molecule has 1 heterocycles. The molecule has 0 atom stereocenters. The number of carbonyl (C=O) groups is 2. The molecule has 0 aliphatic rings. The van der Waals surface area contributed by atoms with E-state index in [0.29, 0.717) is 18.7 Å². The average molecular weight is 412 g/mol. The number of benzene rings is 2. The Hall–Kier alpha value is -2.80. The van der Waals surface area contributed by atoms with Crippen molar-refractivity contribution in [3.8, 4) is 0 Å². The zero-order valence-corrected chi connectivity index (χ0v) is 17.7. The fourth-order valence-electron chi connectivity index (χ4n) is 3.38. The molecule has 1 N–H and O–H groups in total. The van der Waals surface area contributed by atoms with Gasteiger partial charge in [-0.3, -0.25) is 9.10 Å². The van der Waals surface area contributed by atoms with E-state index in [1.54, 1.807) is 12.1 Å². The summed E-state index contributed by atoms with van der Waals surface area (Å²) in [5.41, 5.74) is 4.55. The molecule has 1 aromatic heterocycles. The van der Waals surface area contributed by atoms with Gasteiger partial charge in [-0.15, -0.1) is 0 Å². The summed E-state index contributed by atoms with van der Waals surface area (Å²) in [6.45, 7) is 7.01. The Morgan fingerprint density at radius 3 is 2.41 bits per heavy atom. The van der Waals surface area contributed by atoms with Crippen LogP contribution in [0.5, 0.6) is 0 Å². The summed E-state index contributed by atoms with van der Waals surface area (Å²) in [4.78, 5) is 28.6. The summed E-state index contributed by atoms with van der Waals surface area (Å²) in [6, 6.07) is 10.6. The standard InChI is InChI=1S/C22H25N3O3S/c1-4-6-19-23-20-14(3)11-17(21(26)25(29)5-2)12-18(20)24(19)13-15-7-9-16(10-8-15)22(27)28/h7-12,29H,4-6,13H2,1-3H3,(H,27,28). The second kappa shape index (κ2) is 8.69. The summed E-state index contributed by atoms with van der Waals surface area (Å²) in [5, 5.41) is 9.11. The summed E-state index contributed by atoms with van der Waals surface area (Å²) in [5.74, 6) is -0.130. The molecule has 0 unspecified atom stereocenters. The highest BCUT2D eigenvalue weighted by molar-refractivity contribution is 7.78. The molecule has 0 aliphatic carbocycles. The van der Waals surface area contributed by atoms with Gasteiger partial charge in [0.15, 0.2) is 0 Å². The highest BCUT2D eigenvalue weighted by atomic mass is 32.1. The minimum Gasteiger partial charge on any atom is -0.478 e. The first kappa shape index (κ1) is 20.9. The number of carboxylic acids is 1. The number of aryl methyl sites for hydroxylation is 2. The molecule has 3 aromatic rings. The Morgan fingerprint density at radius 1 is 1.14 bits per heavy atom. The second-order valence-electron chi connectivity index (χ2n) is 7.05. The molecule has 0 spiro atoms. The van der Waals surface area contributed by atoms with Crippen LogP contribution in [-0.2, 0) is 13.0 Å². The Bertz CT molecular complexity index is 1060. The van der Waals surface area contributed by atoms with Crippen molar-refractivity contribution in [1.82, 2.24) is 13.9 Å². The van der Waals surface area contributed by atoms with Crippen molar-refractivity contribution in [2.45, 2.75) is 40.2 Å². The number of imidazole rings is 1. The minimum absolute atomic E-state index is 0.142. The van der Waals surface area contributed by atoms with Crippen LogP contribution in [0.15, 0.2) is 36.4 Å². The van der Waals surface area contributed by atoms with E-state index in [2.05, 4.69) is 24.3 Å². The SMILES string of the molecule is CCCc1nc2c(C)cc(C(=O)N(S)CC)cc2n1Cc1ccc(C(=O)O)cc1. The molecular formula is C22H25N3O3S. The zero-order chi connectivity index (χ0) is 21.1. The summed E-state index contributed by atoms with van der Waals surface area (Å²) >= 11 is 4.25. The Balaban J connectivity index is 2.09. The lowest BCUT2D eigenvalue weighted by atomic mass is 10.1. The van der Waals surface area contributed by atoms with Crippen LogP contribution in [0.4, 0.5) is 0 Å². The lowest BCUT2D eigenvalue weighted by Gasteiger charge is -2.14. The molecule has 152 valence electrons. The van der Waals surface area contributed by atoms with Crippen molar-refractivity contribution in [3.05, 3.63) is 64.5 Å². The van der Waals surface area contributed by atoms with Gasteiger partial charge in [0.05, 0.1) is 16.6 Å². The number of nitrogens with zero attached hydrogens (tertiary/aromatic N) is 3. The van der Waals surface area contributed by atoms with Gasteiger partial charge in [0.25, 0.3) is 5.91 Å². The van der Waals surface area contributed by atoms with E-state index in [1.165, 1.54) is 4.31 Å². The van der Waals surface area contributed by atoms with Crippen LogP contribution in [-0.4, -0.2) is 37.4 Å². The van der Waals surface area contributed by atoms with Gasteiger partial charge in [0, 0.05) is 25.1 Å². The number of aromatic carboxylic acids is 1. The number of rotatable bonds is 7. The van der Waals surface area contributed by atoms with Gasteiger partial charge in [0.2, 0.25) is 0 Å². The molecule has 1 amide bonds. The molecule has 3 rings (SSSR count). The first-order valence-electron chi connectivity index (χ1n) is 9.68. The Morgan fingerprint density at radius 2 is 1.83 bits per heavy atom. The number of thiol groups is 1. The zero-order valence-electron chi connectivity index (χ0n) is 16.8. The number of hydrogen-bond acceptors (Lipinski definition) is 4. The number of fused-ring (bicyclic) bond motifs is 1. The van der Waals surface area contributed by atoms with E-state index in [0.717, 1.165) is 40.8 Å². The minimum atomic E-state index is -0.942. The molecule has 0 saturated heterocycles. The quantitative estimate of drug-likeness (QED) is 0.567. The first-order chi connectivity index (χ1) is 13.8. The Kier molecular flexibility index (Phi) is 6.27. The van der Waals surface area contributed by atoms with Gasteiger partial charge in [0.1, 0.15) is 5.82 Å². The fraction of sp³-hybridized carbons (Fsp3) is 0.318. The van der Waals surface area contributed by atoms with Gasteiger partial charge in [-0.1, -0.05) is 31.9 Å². The summed E-state index contributed by atoms with van der Waals surface area (Å²) in [7, 11) is 0. The largest absolute Gasteiger partial charge is 0.478 e. The van der Waals surface area contributed by atoms with Crippen LogP contribution in [0, 0.1) is 6.92 Å². The highest BCUT2D eigenvalue weighted by Crippen LogP contribution is 2.25. The van der Waals surface area contributed by atoms with Crippen molar-refractivity contribution in [3.63, 3.8) is 0 Å². The molecule has 7 heteroatoms. The van der Waals surface area contributed by atoms with Crippen LogP contribution >= 0.6 is 12.8 Å². The van der Waals surface area contributed by atoms with E-state index < -0.39 is 5.97 Å². The third-order valence-corrected chi connectivity index (χ3v) is 5.38. The van der Waals surface area contributed by atoms with E-state index in [-0.39, 0.29) is 11.5 Å². The van der Waals surface area contributed by atoms with Crippen LogP contribution in [0.3, 0.4) is 0 Å². The van der Waals surface area contributed by atoms with E-state index in [4.69, 9.17) is 10.1 Å². The van der Waals surface area contributed by atoms with E-state index in [1.807, 2.05) is 38.1 Å². The molecule has 0 fully saturated rings. The maximum absolute atomic E-state index is 12.6. The van der Waals surface area contributed by atoms with Crippen LogP contribution in [0.2, 0.25) is 0 Å². The summed E-state index contributed by atoms with van der Waals surface area (Å²) in [6.07, 6.45) is 1.77. The molecular weight excluding hydrogens is 386 g/mol. The third kappa shape index (κ3) is 4.29. The predicted octanol–water partition coefficient (Wildman–Crippen LogP) is 4.35. The molecule has 2 aromatic carbocycles. The molecule has 0 radical (unpaired) electrons. The van der Waals surface area contributed by atoms with Crippen molar-refractivity contribution >= 4 is 35.7 Å². The van der Waals surface area contributed by atoms with Gasteiger partial charge >= 0.3 is 5.97 Å². The lowest BCUT2D eigenvalue weighted by molar-refractivity contribution is 0.0696. The van der Waals surface area contributed by atoms with Crippen molar-refractivity contribution in [2.75, 3.05) is 6.54 Å². The topological polar surface area (TPSA) is 75.4 Å². The van der Waals surface area contributed by atoms with Crippen molar-refractivity contribution in [1.29, 1.82) is 0 Å². The maximum Gasteiger partial charge on any atom is 0.335 e. The predicted molar refractivity (Wildman–Crippen MR) is 117 cm³/mol. The van der Waals surface area contributed by atoms with Crippen molar-refractivity contribution < 1.29 is 14.7 Å². The molecule has 29 heavy (non-hydrogen) atoms. The first-order valence-corrected chi connectivity index (χ1v) is 10.1. The molecule has 6 nitrogen and oxygen atoms in total. The van der Waals surface area contributed by atoms with Crippen LogP contribution < -0.4 is 0 Å². The summed E-state index contributed by atoms with van der Waals surface area (Å²) < 4.78 is 3.51. The smallest absolute Gasteiger partial charge is 0.335 e. The average Bonchev–Trinajstić information content (AvgIpc) is 3.05. The highest BCUT2D eigenvalue weighted by Gasteiger charge is 2.18. The lowest BCUT2D eigenvalue weighted by Crippen LogP contribution is -2.21. The van der Waals surface area contributed by atoms with Gasteiger partial charge in [-0.05, 0) is 55.7 Å². The normalized spacial score (nSPS) is 11.0. The van der Waals surface area contributed by atoms with Crippen molar-refractivity contribution in [2.24, 2.45) is 0 Å². The van der Waals surface area contributed by atoms with E-state index >= 15 is 0 Å². The number of hydrogen-bond donors (Lipinski definition) is 2. The number of aromatic nitrogens is 2. The van der Waals surface area contributed by atoms with Crippen LogP contribution in [0.25, 0.3) is 11.0 Å². The molecule has 0 saturated carbocycles. The van der Waals surface area contributed by atoms with E-state index in [9.17, 15) is 9.59 Å². The van der Waals surface area contributed by atoms with Gasteiger partial charge in [-0.2, -0.15) is 0 Å². The fourth-order valence-corrected chi connectivity index (χ4v) is 3.50. The number of carboxylic acid groups (broad SMARTS) is 1. The van der Waals surface area contributed by atoms with Gasteiger partial charge < -0.3 is 9.67 Å². The second-order valence-corrected chi connectivity index (χ2v) is 7.53. The third-order valence-electron chi connectivity index (χ3n) is 4.92.